The number of ether oxygens (including phenoxy) is 2. The van der Waals surface area contributed by atoms with E-state index in [1.165, 1.54) is 0 Å². The number of carbonyl (C=O) groups is 1. The minimum atomic E-state index is -3.63. The van der Waals surface area contributed by atoms with E-state index in [1.807, 2.05) is 36.4 Å². The highest BCUT2D eigenvalue weighted by atomic mass is 32.2. The fourth-order valence-corrected chi connectivity index (χ4v) is 5.86. The minimum Gasteiger partial charge on any atom is -0.497 e. The predicted molar refractivity (Wildman–Crippen MR) is 168 cm³/mol. The van der Waals surface area contributed by atoms with Crippen LogP contribution < -0.4 is 19.5 Å². The van der Waals surface area contributed by atoms with Gasteiger partial charge in [-0.3, -0.25) is 14.8 Å². The van der Waals surface area contributed by atoms with Crippen molar-refractivity contribution >= 4 is 30.0 Å². The SMILES string of the molecule is COc1ccc([C@H](NCC(O[Si](C)(C)C(C)(C)C)c2ccc(OCc3ccccc3)c(NS(C)(=O)=O)c2)C(=O)O)cc1. The number of hydrogen-bond acceptors (Lipinski definition) is 7. The monoisotopic (exact) mass is 614 g/mol. The van der Waals surface area contributed by atoms with Crippen LogP contribution in [-0.4, -0.2) is 47.7 Å². The molecule has 0 bridgehead atoms. The van der Waals surface area contributed by atoms with Crippen LogP contribution in [0.15, 0.2) is 72.8 Å². The topological polar surface area (TPSA) is 123 Å². The van der Waals surface area contributed by atoms with Gasteiger partial charge in [0.05, 0.1) is 25.2 Å². The molecule has 1 unspecified atom stereocenters. The third kappa shape index (κ3) is 9.31. The van der Waals surface area contributed by atoms with Gasteiger partial charge in [-0.25, -0.2) is 8.42 Å². The summed E-state index contributed by atoms with van der Waals surface area (Å²) in [6.45, 7) is 11.0. The quantitative estimate of drug-likeness (QED) is 0.186. The Kier molecular flexibility index (Phi) is 10.8. The van der Waals surface area contributed by atoms with Gasteiger partial charge in [0.15, 0.2) is 8.32 Å². The van der Waals surface area contributed by atoms with Gasteiger partial charge in [-0.1, -0.05) is 69.3 Å². The van der Waals surface area contributed by atoms with Crippen molar-refractivity contribution in [3.8, 4) is 11.5 Å². The maximum absolute atomic E-state index is 12.3. The molecule has 0 heterocycles. The van der Waals surface area contributed by atoms with Gasteiger partial charge in [0.1, 0.15) is 24.1 Å². The van der Waals surface area contributed by atoms with Crippen molar-refractivity contribution in [2.24, 2.45) is 0 Å². The van der Waals surface area contributed by atoms with Crippen LogP contribution in [0, 0.1) is 0 Å². The zero-order chi connectivity index (χ0) is 31.1. The Bertz CT molecular complexity index is 1440. The zero-order valence-electron chi connectivity index (χ0n) is 25.3. The highest BCUT2D eigenvalue weighted by Gasteiger charge is 2.40. The molecule has 228 valence electrons. The lowest BCUT2D eigenvalue weighted by Crippen LogP contribution is -2.44. The van der Waals surface area contributed by atoms with Crippen LogP contribution in [0.25, 0.3) is 0 Å². The molecule has 0 aliphatic heterocycles. The first-order chi connectivity index (χ1) is 19.6. The van der Waals surface area contributed by atoms with E-state index in [-0.39, 0.29) is 23.9 Å². The number of anilines is 1. The fraction of sp³-hybridized carbons (Fsp3) is 0.387. The lowest BCUT2D eigenvalue weighted by Gasteiger charge is -2.40. The number of carboxylic acids is 1. The standard InChI is InChI=1S/C31H42N2O7SSi/c1-31(2,3)42(6,7)40-28(20-32-29(30(34)35)23-13-16-25(38-4)17-14-23)24-15-18-27(26(19-24)33-41(5,36)37)39-21-22-11-9-8-10-12-22/h8-19,28-29,32-33H,20-21H2,1-7H3,(H,34,35)/t28?,29-/m0/s1. The van der Waals surface area contributed by atoms with Crippen molar-refractivity contribution in [1.29, 1.82) is 0 Å². The molecule has 11 heteroatoms. The van der Waals surface area contributed by atoms with Crippen LogP contribution in [-0.2, 0) is 25.9 Å². The normalized spacial score (nSPS) is 13.7. The van der Waals surface area contributed by atoms with Crippen LogP contribution in [0.1, 0.15) is 49.6 Å². The molecule has 2 atom stereocenters. The summed E-state index contributed by atoms with van der Waals surface area (Å²) in [6.07, 6.45) is 0.507. The molecule has 0 saturated carbocycles. The third-order valence-electron chi connectivity index (χ3n) is 7.35. The van der Waals surface area contributed by atoms with Crippen molar-refractivity contribution < 1.29 is 32.2 Å². The van der Waals surface area contributed by atoms with E-state index in [9.17, 15) is 18.3 Å². The van der Waals surface area contributed by atoms with Crippen molar-refractivity contribution in [3.63, 3.8) is 0 Å². The summed E-state index contributed by atoms with van der Waals surface area (Å²) >= 11 is 0. The van der Waals surface area contributed by atoms with Gasteiger partial charge < -0.3 is 19.0 Å². The first-order valence-corrected chi connectivity index (χ1v) is 18.5. The Morgan fingerprint density at radius 2 is 1.60 bits per heavy atom. The van der Waals surface area contributed by atoms with Crippen LogP contribution in [0.5, 0.6) is 11.5 Å². The Hall–Kier alpha value is -3.38. The van der Waals surface area contributed by atoms with Gasteiger partial charge >= 0.3 is 5.97 Å². The summed E-state index contributed by atoms with van der Waals surface area (Å²) in [6, 6.07) is 20.7. The number of aliphatic carboxylic acids is 1. The lowest BCUT2D eigenvalue weighted by molar-refractivity contribution is -0.139. The summed E-state index contributed by atoms with van der Waals surface area (Å²) in [5.74, 6) is -0.0356. The van der Waals surface area contributed by atoms with Gasteiger partial charge in [0, 0.05) is 6.54 Å². The first-order valence-electron chi connectivity index (χ1n) is 13.7. The molecule has 0 aliphatic carbocycles. The fourth-order valence-electron chi connectivity index (χ4n) is 4.02. The molecule has 0 saturated heterocycles. The van der Waals surface area contributed by atoms with E-state index < -0.39 is 36.5 Å². The van der Waals surface area contributed by atoms with Crippen LogP contribution in [0.2, 0.25) is 18.1 Å². The Morgan fingerprint density at radius 3 is 2.14 bits per heavy atom. The van der Waals surface area contributed by atoms with Gasteiger partial charge in [0.25, 0.3) is 0 Å². The Balaban J connectivity index is 1.97. The first kappa shape index (κ1) is 33.1. The van der Waals surface area contributed by atoms with Gasteiger partial charge in [0.2, 0.25) is 10.0 Å². The second-order valence-electron chi connectivity index (χ2n) is 11.7. The smallest absolute Gasteiger partial charge is 0.325 e. The zero-order valence-corrected chi connectivity index (χ0v) is 27.1. The molecule has 3 N–H and O–H groups in total. The van der Waals surface area contributed by atoms with E-state index in [0.29, 0.717) is 22.6 Å². The number of sulfonamides is 1. The van der Waals surface area contributed by atoms with Crippen molar-refractivity contribution in [2.75, 3.05) is 24.6 Å². The highest BCUT2D eigenvalue weighted by molar-refractivity contribution is 7.92. The second kappa shape index (κ2) is 13.7. The second-order valence-corrected chi connectivity index (χ2v) is 18.2. The molecule has 3 rings (SSSR count). The lowest BCUT2D eigenvalue weighted by atomic mass is 10.0. The Labute approximate surface area is 250 Å². The summed E-state index contributed by atoms with van der Waals surface area (Å²) in [7, 11) is -4.43. The molecule has 0 fully saturated rings. The average molecular weight is 615 g/mol. The number of carboxylic acid groups (broad SMARTS) is 1. The minimum absolute atomic E-state index is 0.125. The number of benzene rings is 3. The van der Waals surface area contributed by atoms with E-state index in [2.05, 4.69) is 43.9 Å². The predicted octanol–water partition coefficient (Wildman–Crippen LogP) is 6.12. The van der Waals surface area contributed by atoms with E-state index in [4.69, 9.17) is 13.9 Å². The molecule has 42 heavy (non-hydrogen) atoms. The molecular weight excluding hydrogens is 573 g/mol. The summed E-state index contributed by atoms with van der Waals surface area (Å²) < 4.78 is 45.1. The molecule has 0 radical (unpaired) electrons. The molecule has 9 nitrogen and oxygen atoms in total. The highest BCUT2D eigenvalue weighted by Crippen LogP contribution is 2.41. The molecular formula is C31H42N2O7SSi. The molecule has 0 spiro atoms. The number of hydrogen-bond donors (Lipinski definition) is 3. The van der Waals surface area contributed by atoms with Gasteiger partial charge in [-0.2, -0.15) is 0 Å². The van der Waals surface area contributed by atoms with Crippen LogP contribution in [0.3, 0.4) is 0 Å². The average Bonchev–Trinajstić information content (AvgIpc) is 2.91. The number of rotatable bonds is 14. The van der Waals surface area contributed by atoms with E-state index >= 15 is 0 Å². The van der Waals surface area contributed by atoms with E-state index in [0.717, 1.165) is 11.8 Å². The third-order valence-corrected chi connectivity index (χ3v) is 12.4. The van der Waals surface area contributed by atoms with Crippen molar-refractivity contribution in [1.82, 2.24) is 5.32 Å². The van der Waals surface area contributed by atoms with E-state index in [1.54, 1.807) is 43.5 Å². The molecule has 3 aromatic carbocycles. The van der Waals surface area contributed by atoms with Gasteiger partial charge in [-0.05, 0) is 59.1 Å². The summed E-state index contributed by atoms with van der Waals surface area (Å²) in [4.78, 5) is 12.3. The Morgan fingerprint density at radius 1 is 0.976 bits per heavy atom. The van der Waals surface area contributed by atoms with Crippen LogP contribution >= 0.6 is 0 Å². The molecule has 0 amide bonds. The van der Waals surface area contributed by atoms with Crippen LogP contribution in [0.4, 0.5) is 5.69 Å². The maximum atomic E-state index is 12.3. The largest absolute Gasteiger partial charge is 0.497 e. The summed E-state index contributed by atoms with van der Waals surface area (Å²) in [5.41, 5.74) is 2.47. The number of methoxy groups -OCH3 is 1. The molecule has 0 aliphatic rings. The van der Waals surface area contributed by atoms with Crippen molar-refractivity contribution in [2.45, 2.75) is 57.7 Å². The summed E-state index contributed by atoms with van der Waals surface area (Å²) in [5, 5.41) is 13.1. The number of nitrogens with one attached hydrogen (secondary N) is 2. The maximum Gasteiger partial charge on any atom is 0.325 e. The van der Waals surface area contributed by atoms with Gasteiger partial charge in [-0.15, -0.1) is 0 Å². The van der Waals surface area contributed by atoms with Crippen molar-refractivity contribution in [3.05, 3.63) is 89.5 Å². The molecule has 0 aromatic heterocycles. The molecule has 3 aromatic rings.